The van der Waals surface area contributed by atoms with Crippen molar-refractivity contribution in [1.29, 1.82) is 0 Å². The Morgan fingerprint density at radius 3 is 2.25 bits per heavy atom. The molecule has 5 heteroatoms. The van der Waals surface area contributed by atoms with E-state index in [1.165, 1.54) is 18.9 Å². The van der Waals surface area contributed by atoms with Crippen molar-refractivity contribution in [3.05, 3.63) is 34.3 Å². The predicted molar refractivity (Wildman–Crippen MR) is 63.3 cm³/mol. The molecule has 0 aliphatic heterocycles. The molecule has 0 aliphatic rings. The van der Waals surface area contributed by atoms with Crippen LogP contribution in [0.1, 0.15) is 17.3 Å². The van der Waals surface area contributed by atoms with E-state index in [0.29, 0.717) is 5.56 Å². The molecule has 1 atom stereocenters. The third kappa shape index (κ3) is 2.82. The maximum absolute atomic E-state index is 11.8. The first kappa shape index (κ1) is 12.7. The average molecular weight is 286 g/mol. The van der Waals surface area contributed by atoms with Gasteiger partial charge < -0.3 is 10.0 Å². The van der Waals surface area contributed by atoms with Gasteiger partial charge in [-0.15, -0.1) is 0 Å². The summed E-state index contributed by atoms with van der Waals surface area (Å²) < 4.78 is 0.873. The van der Waals surface area contributed by atoms with E-state index in [-0.39, 0.29) is 5.91 Å². The van der Waals surface area contributed by atoms with Crippen LogP contribution in [-0.4, -0.2) is 35.0 Å². The lowest BCUT2D eigenvalue weighted by molar-refractivity contribution is -0.141. The third-order valence-corrected chi connectivity index (χ3v) is 2.88. The quantitative estimate of drug-likeness (QED) is 0.924. The van der Waals surface area contributed by atoms with Gasteiger partial charge in [-0.25, -0.2) is 4.79 Å². The van der Waals surface area contributed by atoms with Crippen LogP contribution >= 0.6 is 15.9 Å². The lowest BCUT2D eigenvalue weighted by Gasteiger charge is -2.21. The molecule has 0 spiro atoms. The molecule has 0 bridgehead atoms. The summed E-state index contributed by atoms with van der Waals surface area (Å²) in [6.45, 7) is 1.47. The highest BCUT2D eigenvalue weighted by molar-refractivity contribution is 9.10. The fourth-order valence-corrected chi connectivity index (χ4v) is 1.40. The topological polar surface area (TPSA) is 57.6 Å². The number of likely N-dealkylation sites (N-methyl/N-ethyl adjacent to an activating group) is 1. The first-order chi connectivity index (χ1) is 7.43. The van der Waals surface area contributed by atoms with Crippen LogP contribution in [0.4, 0.5) is 0 Å². The number of aliphatic carboxylic acids is 1. The Morgan fingerprint density at radius 2 is 1.81 bits per heavy atom. The van der Waals surface area contributed by atoms with E-state index >= 15 is 0 Å². The molecule has 1 rings (SSSR count). The Balaban J connectivity index is 2.86. The number of carbonyl (C=O) groups excluding carboxylic acids is 1. The first-order valence-electron chi connectivity index (χ1n) is 4.69. The Bertz CT molecular complexity index is 402. The summed E-state index contributed by atoms with van der Waals surface area (Å²) in [4.78, 5) is 23.8. The van der Waals surface area contributed by atoms with Crippen molar-refractivity contribution in [2.24, 2.45) is 0 Å². The summed E-state index contributed by atoms with van der Waals surface area (Å²) in [6.07, 6.45) is 0. The second-order valence-electron chi connectivity index (χ2n) is 3.44. The predicted octanol–water partition coefficient (Wildman–Crippen LogP) is 1.99. The SMILES string of the molecule is C[C@@H](C(=O)O)N(C)C(=O)c1ccc(Br)cc1. The third-order valence-electron chi connectivity index (χ3n) is 2.35. The summed E-state index contributed by atoms with van der Waals surface area (Å²) >= 11 is 3.26. The van der Waals surface area contributed by atoms with Crippen LogP contribution in [-0.2, 0) is 4.79 Å². The van der Waals surface area contributed by atoms with E-state index in [1.807, 2.05) is 0 Å². The van der Waals surface area contributed by atoms with Crippen molar-refractivity contribution in [3.8, 4) is 0 Å². The summed E-state index contributed by atoms with van der Waals surface area (Å²) in [7, 11) is 1.48. The van der Waals surface area contributed by atoms with Crippen LogP contribution in [0, 0.1) is 0 Å². The molecule has 16 heavy (non-hydrogen) atoms. The molecule has 1 aromatic carbocycles. The molecular weight excluding hydrogens is 274 g/mol. The van der Waals surface area contributed by atoms with E-state index in [4.69, 9.17) is 5.11 Å². The van der Waals surface area contributed by atoms with Gasteiger partial charge >= 0.3 is 5.97 Å². The summed E-state index contributed by atoms with van der Waals surface area (Å²) in [5, 5.41) is 8.79. The van der Waals surface area contributed by atoms with Gasteiger partial charge in [0.25, 0.3) is 5.91 Å². The molecule has 0 aliphatic carbocycles. The van der Waals surface area contributed by atoms with E-state index in [2.05, 4.69) is 15.9 Å². The lowest BCUT2D eigenvalue weighted by Crippen LogP contribution is -2.40. The van der Waals surface area contributed by atoms with Gasteiger partial charge in [0, 0.05) is 17.1 Å². The van der Waals surface area contributed by atoms with Gasteiger partial charge in [-0.05, 0) is 31.2 Å². The van der Waals surface area contributed by atoms with Gasteiger partial charge in [0.15, 0.2) is 0 Å². The number of carbonyl (C=O) groups is 2. The summed E-state index contributed by atoms with van der Waals surface area (Å²) in [5.74, 6) is -1.32. The van der Waals surface area contributed by atoms with Gasteiger partial charge in [-0.2, -0.15) is 0 Å². The van der Waals surface area contributed by atoms with Gasteiger partial charge in [-0.3, -0.25) is 4.79 Å². The van der Waals surface area contributed by atoms with Crippen molar-refractivity contribution < 1.29 is 14.7 Å². The summed E-state index contributed by atoms with van der Waals surface area (Å²) in [6, 6.07) is 5.95. The van der Waals surface area contributed by atoms with Crippen molar-refractivity contribution in [2.45, 2.75) is 13.0 Å². The zero-order chi connectivity index (χ0) is 12.3. The van der Waals surface area contributed by atoms with Gasteiger partial charge in [0.05, 0.1) is 0 Å². The highest BCUT2D eigenvalue weighted by Crippen LogP contribution is 2.12. The minimum atomic E-state index is -1.02. The molecule has 0 saturated carbocycles. The second-order valence-corrected chi connectivity index (χ2v) is 4.35. The molecule has 0 heterocycles. The standard InChI is InChI=1S/C11H12BrNO3/c1-7(11(15)16)13(2)10(14)8-3-5-9(12)6-4-8/h3-7H,1-2H3,(H,15,16)/t7-/m0/s1. The zero-order valence-corrected chi connectivity index (χ0v) is 10.6. The first-order valence-corrected chi connectivity index (χ1v) is 5.48. The van der Waals surface area contributed by atoms with Crippen molar-refractivity contribution in [1.82, 2.24) is 4.90 Å². The molecule has 1 N–H and O–H groups in total. The normalized spacial score (nSPS) is 11.9. The number of benzene rings is 1. The van der Waals surface area contributed by atoms with Crippen LogP contribution in [0.15, 0.2) is 28.7 Å². The van der Waals surface area contributed by atoms with Crippen LogP contribution in [0.3, 0.4) is 0 Å². The van der Waals surface area contributed by atoms with Crippen LogP contribution in [0.5, 0.6) is 0 Å². The molecule has 1 amide bonds. The van der Waals surface area contributed by atoms with Gasteiger partial charge in [0.1, 0.15) is 6.04 Å². The second kappa shape index (κ2) is 5.12. The zero-order valence-electron chi connectivity index (χ0n) is 8.98. The lowest BCUT2D eigenvalue weighted by atomic mass is 10.2. The van der Waals surface area contributed by atoms with Crippen molar-refractivity contribution >= 4 is 27.8 Å². The molecule has 0 unspecified atom stereocenters. The average Bonchev–Trinajstić information content (AvgIpc) is 2.27. The Kier molecular flexibility index (Phi) is 4.06. The fourth-order valence-electron chi connectivity index (χ4n) is 1.14. The maximum Gasteiger partial charge on any atom is 0.326 e. The van der Waals surface area contributed by atoms with Gasteiger partial charge in [-0.1, -0.05) is 15.9 Å². The molecule has 86 valence electrons. The van der Waals surface area contributed by atoms with Crippen LogP contribution in [0.2, 0.25) is 0 Å². The highest BCUT2D eigenvalue weighted by atomic mass is 79.9. The Labute approximate surface area is 102 Å². The number of halogens is 1. The molecule has 0 aromatic heterocycles. The minimum Gasteiger partial charge on any atom is -0.480 e. The largest absolute Gasteiger partial charge is 0.480 e. The number of hydrogen-bond donors (Lipinski definition) is 1. The molecule has 0 radical (unpaired) electrons. The number of rotatable bonds is 3. The minimum absolute atomic E-state index is 0.303. The smallest absolute Gasteiger partial charge is 0.326 e. The Morgan fingerprint density at radius 1 is 1.31 bits per heavy atom. The monoisotopic (exact) mass is 285 g/mol. The van der Waals surface area contributed by atoms with E-state index in [0.717, 1.165) is 4.47 Å². The fraction of sp³-hybridized carbons (Fsp3) is 0.273. The van der Waals surface area contributed by atoms with E-state index in [9.17, 15) is 9.59 Å². The summed E-state index contributed by atoms with van der Waals surface area (Å²) in [5.41, 5.74) is 0.471. The molecule has 1 aromatic rings. The molecular formula is C11H12BrNO3. The highest BCUT2D eigenvalue weighted by Gasteiger charge is 2.22. The molecule has 0 saturated heterocycles. The van der Waals surface area contributed by atoms with Crippen LogP contribution < -0.4 is 0 Å². The number of amides is 1. The van der Waals surface area contributed by atoms with E-state index in [1.54, 1.807) is 24.3 Å². The number of nitrogens with zero attached hydrogens (tertiary/aromatic N) is 1. The van der Waals surface area contributed by atoms with Gasteiger partial charge in [0.2, 0.25) is 0 Å². The van der Waals surface area contributed by atoms with Crippen molar-refractivity contribution in [3.63, 3.8) is 0 Å². The Hall–Kier alpha value is -1.36. The molecule has 4 nitrogen and oxygen atoms in total. The van der Waals surface area contributed by atoms with E-state index < -0.39 is 12.0 Å². The number of hydrogen-bond acceptors (Lipinski definition) is 2. The van der Waals surface area contributed by atoms with Crippen LogP contribution in [0.25, 0.3) is 0 Å². The van der Waals surface area contributed by atoms with Crippen molar-refractivity contribution in [2.75, 3.05) is 7.05 Å². The maximum atomic E-state index is 11.8. The molecule has 0 fully saturated rings. The number of carboxylic acid groups (broad SMARTS) is 1. The number of carboxylic acids is 1.